The molecule has 0 spiro atoms. The number of rotatable bonds is 7. The van der Waals surface area contributed by atoms with Gasteiger partial charge in [0.05, 0.1) is 17.2 Å². The Labute approximate surface area is 205 Å². The number of hydrogen-bond donors (Lipinski definition) is 0. The lowest BCUT2D eigenvalue weighted by molar-refractivity contribution is -0.139. The van der Waals surface area contributed by atoms with Crippen molar-refractivity contribution >= 4 is 60.8 Å². The number of unbranched alkanes of at least 4 members (excludes halogenated alkanes) is 2. The number of ether oxygens (including phenoxy) is 1. The van der Waals surface area contributed by atoms with Crippen molar-refractivity contribution < 1.29 is 9.53 Å². The van der Waals surface area contributed by atoms with Crippen molar-refractivity contribution in [2.45, 2.75) is 58.8 Å². The van der Waals surface area contributed by atoms with E-state index in [1.54, 1.807) is 0 Å². The summed E-state index contributed by atoms with van der Waals surface area (Å²) in [5.41, 5.74) is 6.45. The van der Waals surface area contributed by atoms with Gasteiger partial charge in [0.1, 0.15) is 0 Å². The molecule has 0 amide bonds. The molecule has 5 rings (SSSR count). The predicted molar refractivity (Wildman–Crippen MR) is 140 cm³/mol. The normalized spacial score (nSPS) is 15.0. The summed E-state index contributed by atoms with van der Waals surface area (Å²) in [7, 11) is 0. The van der Waals surface area contributed by atoms with Gasteiger partial charge in [-0.3, -0.25) is 0 Å². The van der Waals surface area contributed by atoms with Gasteiger partial charge in [0, 0.05) is 11.5 Å². The number of benzene rings is 3. The van der Waals surface area contributed by atoms with Gasteiger partial charge in [0.2, 0.25) is 0 Å². The summed E-state index contributed by atoms with van der Waals surface area (Å²) >= 11 is 13.4. The molecule has 0 aliphatic heterocycles. The first-order valence-corrected chi connectivity index (χ1v) is 12.7. The lowest BCUT2D eigenvalue weighted by Crippen LogP contribution is -2.09. The third kappa shape index (κ3) is 4.09. The van der Waals surface area contributed by atoms with Gasteiger partial charge in [-0.05, 0) is 99.3 Å². The van der Waals surface area contributed by atoms with Crippen LogP contribution in [0.2, 0.25) is 0 Å². The monoisotopic (exact) mass is 478 g/mol. The van der Waals surface area contributed by atoms with Crippen molar-refractivity contribution in [1.29, 1.82) is 0 Å². The maximum absolute atomic E-state index is 12.5. The first kappa shape index (κ1) is 22.5. The van der Waals surface area contributed by atoms with E-state index in [4.69, 9.17) is 27.9 Å². The zero-order valence-corrected chi connectivity index (χ0v) is 20.7. The van der Waals surface area contributed by atoms with Crippen LogP contribution in [-0.2, 0) is 22.4 Å². The molecule has 0 radical (unpaired) electrons. The summed E-state index contributed by atoms with van der Waals surface area (Å²) in [6.07, 6.45) is 6.75. The first-order valence-electron chi connectivity index (χ1n) is 12.0. The lowest BCUT2D eigenvalue weighted by atomic mass is 9.96. The molecule has 2 aliphatic carbocycles. The summed E-state index contributed by atoms with van der Waals surface area (Å²) < 4.78 is 5.42. The fraction of sp³-hybridized carbons (Fsp3) is 0.345. The minimum Gasteiger partial charge on any atom is -0.462 e. The molecule has 4 heteroatoms. The Kier molecular flexibility index (Phi) is 6.24. The van der Waals surface area contributed by atoms with Crippen LogP contribution in [0.5, 0.6) is 0 Å². The van der Waals surface area contributed by atoms with E-state index in [0.717, 1.165) is 52.6 Å². The topological polar surface area (TPSA) is 26.3 Å². The van der Waals surface area contributed by atoms with Gasteiger partial charge >= 0.3 is 5.97 Å². The molecule has 0 N–H and O–H groups in total. The number of esters is 1. The molecule has 0 aromatic heterocycles. The number of halogens is 2. The Morgan fingerprint density at radius 3 is 2.00 bits per heavy atom. The molecule has 0 atom stereocenters. The molecule has 0 saturated heterocycles. The third-order valence-corrected chi connectivity index (χ3v) is 7.77. The summed E-state index contributed by atoms with van der Waals surface area (Å²) in [6, 6.07) is 13.3. The van der Waals surface area contributed by atoms with E-state index in [1.807, 2.05) is 0 Å². The summed E-state index contributed by atoms with van der Waals surface area (Å²) in [5.74, 6) is -0.296. The molecular weight excluding hydrogens is 451 g/mol. The maximum Gasteiger partial charge on any atom is 0.335 e. The largest absolute Gasteiger partial charge is 0.462 e. The molecule has 33 heavy (non-hydrogen) atoms. The van der Waals surface area contributed by atoms with Gasteiger partial charge < -0.3 is 4.74 Å². The Balaban J connectivity index is 1.50. The summed E-state index contributed by atoms with van der Waals surface area (Å²) in [6.45, 7) is 4.73. The van der Waals surface area contributed by atoms with E-state index >= 15 is 0 Å². The van der Waals surface area contributed by atoms with Gasteiger partial charge in [0.25, 0.3) is 0 Å². The van der Waals surface area contributed by atoms with E-state index in [-0.39, 0.29) is 5.97 Å². The molecular formula is C29H28Cl2O2. The van der Waals surface area contributed by atoms with Crippen molar-refractivity contribution in [3.8, 4) is 0 Å². The van der Waals surface area contributed by atoms with Crippen LogP contribution < -0.4 is 0 Å². The standard InChI is InChI=1S/C29H28Cl2O2/c1-3-5-7-17-9-22-12-18-10-21-15-25-23(13-19(21)11-20(18)14-24(22)27(17)30)16-26(28(25)31)29(32)33-8-6-4-2/h10-15H,3-9,16H2,1-2H3. The quantitative estimate of drug-likeness (QED) is 0.193. The van der Waals surface area contributed by atoms with Crippen LogP contribution >= 0.6 is 23.2 Å². The van der Waals surface area contributed by atoms with Crippen molar-refractivity contribution in [3.63, 3.8) is 0 Å². The number of carbonyl (C=O) groups is 1. The number of carbonyl (C=O) groups excluding carboxylic acids is 1. The predicted octanol–water partition coefficient (Wildman–Crippen LogP) is 8.54. The highest BCUT2D eigenvalue weighted by molar-refractivity contribution is 6.52. The second-order valence-electron chi connectivity index (χ2n) is 9.22. The average Bonchev–Trinajstić information content (AvgIpc) is 3.29. The van der Waals surface area contributed by atoms with E-state index in [2.05, 4.69) is 50.2 Å². The van der Waals surface area contributed by atoms with Crippen LogP contribution in [0.1, 0.15) is 68.2 Å². The fourth-order valence-electron chi connectivity index (χ4n) is 4.97. The van der Waals surface area contributed by atoms with E-state index in [9.17, 15) is 4.79 Å². The van der Waals surface area contributed by atoms with Crippen LogP contribution in [0.4, 0.5) is 0 Å². The minimum atomic E-state index is -0.296. The highest BCUT2D eigenvalue weighted by Crippen LogP contribution is 2.42. The second kappa shape index (κ2) is 9.16. The highest BCUT2D eigenvalue weighted by Gasteiger charge is 2.27. The van der Waals surface area contributed by atoms with E-state index in [1.165, 1.54) is 40.3 Å². The van der Waals surface area contributed by atoms with Gasteiger partial charge in [0.15, 0.2) is 0 Å². The van der Waals surface area contributed by atoms with E-state index in [0.29, 0.717) is 23.6 Å². The van der Waals surface area contributed by atoms with Gasteiger partial charge in [-0.15, -0.1) is 0 Å². The average molecular weight is 479 g/mol. The molecule has 170 valence electrons. The smallest absolute Gasteiger partial charge is 0.335 e. The number of allylic oxidation sites excluding steroid dienone is 1. The van der Waals surface area contributed by atoms with Crippen molar-refractivity contribution in [2.24, 2.45) is 0 Å². The molecule has 0 fully saturated rings. The minimum absolute atomic E-state index is 0.296. The molecule has 0 bridgehead atoms. The summed E-state index contributed by atoms with van der Waals surface area (Å²) in [5, 5.41) is 6.14. The van der Waals surface area contributed by atoms with Gasteiger partial charge in [-0.2, -0.15) is 0 Å². The lowest BCUT2D eigenvalue weighted by Gasteiger charge is -2.09. The summed E-state index contributed by atoms with van der Waals surface area (Å²) in [4.78, 5) is 12.5. The molecule has 2 aliphatic rings. The molecule has 0 unspecified atom stereocenters. The van der Waals surface area contributed by atoms with E-state index < -0.39 is 0 Å². The Bertz CT molecular complexity index is 1350. The SMILES string of the molecule is CCCCOC(=O)C1=C(Cl)c2cc3cc4cc5c(cc4cc3cc2C1)C(Cl)=C(CCCC)C5. The van der Waals surface area contributed by atoms with Gasteiger partial charge in [-0.25, -0.2) is 4.79 Å². The highest BCUT2D eigenvalue weighted by atomic mass is 35.5. The van der Waals surface area contributed by atoms with Crippen molar-refractivity contribution in [1.82, 2.24) is 0 Å². The molecule has 2 nitrogen and oxygen atoms in total. The fourth-order valence-corrected chi connectivity index (χ4v) is 5.63. The first-order chi connectivity index (χ1) is 16.0. The van der Waals surface area contributed by atoms with Crippen LogP contribution in [0, 0.1) is 0 Å². The number of hydrogen-bond acceptors (Lipinski definition) is 2. The van der Waals surface area contributed by atoms with Crippen molar-refractivity contribution in [3.05, 3.63) is 69.8 Å². The molecule has 0 heterocycles. The second-order valence-corrected chi connectivity index (χ2v) is 9.98. The van der Waals surface area contributed by atoms with Gasteiger partial charge in [-0.1, -0.05) is 62.0 Å². The van der Waals surface area contributed by atoms with Crippen LogP contribution in [0.3, 0.4) is 0 Å². The van der Waals surface area contributed by atoms with Crippen LogP contribution in [0.15, 0.2) is 47.5 Å². The Morgan fingerprint density at radius 1 is 0.788 bits per heavy atom. The Morgan fingerprint density at radius 2 is 1.36 bits per heavy atom. The molecule has 3 aromatic rings. The van der Waals surface area contributed by atoms with Crippen LogP contribution in [0.25, 0.3) is 31.6 Å². The molecule has 3 aromatic carbocycles. The maximum atomic E-state index is 12.5. The zero-order chi connectivity index (χ0) is 23.1. The third-order valence-electron chi connectivity index (χ3n) is 6.87. The Hall–Kier alpha value is -2.29. The van der Waals surface area contributed by atoms with Crippen LogP contribution in [-0.4, -0.2) is 12.6 Å². The number of fused-ring (bicyclic) bond motifs is 4. The van der Waals surface area contributed by atoms with Crippen molar-refractivity contribution in [2.75, 3.05) is 6.61 Å². The molecule has 0 saturated carbocycles. The zero-order valence-electron chi connectivity index (χ0n) is 19.2.